The number of rotatable bonds is 2. The lowest BCUT2D eigenvalue weighted by molar-refractivity contribution is 0.0651. The van der Waals surface area contributed by atoms with Gasteiger partial charge in [0.25, 0.3) is 5.91 Å². The smallest absolute Gasteiger partial charge is 0.255 e. The molecular formula is C14H17ClFNO2. The van der Waals surface area contributed by atoms with Crippen LogP contribution in [0.15, 0.2) is 12.1 Å². The molecule has 19 heavy (non-hydrogen) atoms. The van der Waals surface area contributed by atoms with E-state index in [9.17, 15) is 9.18 Å². The molecule has 0 radical (unpaired) electrons. The molecule has 0 aliphatic carbocycles. The predicted molar refractivity (Wildman–Crippen MR) is 71.9 cm³/mol. The minimum Gasteiger partial charge on any atom is -0.396 e. The Kier molecular flexibility index (Phi) is 4.42. The molecular weight excluding hydrogens is 269 g/mol. The molecule has 104 valence electrons. The molecule has 1 heterocycles. The fourth-order valence-corrected chi connectivity index (χ4v) is 2.54. The van der Waals surface area contributed by atoms with Gasteiger partial charge in [-0.1, -0.05) is 11.6 Å². The fourth-order valence-electron chi connectivity index (χ4n) is 2.31. The Labute approximate surface area is 117 Å². The first kappa shape index (κ1) is 14.3. The summed E-state index contributed by atoms with van der Waals surface area (Å²) in [6.45, 7) is 2.99. The molecule has 0 spiro atoms. The minimum atomic E-state index is -0.402. The van der Waals surface area contributed by atoms with Crippen molar-refractivity contribution in [1.82, 2.24) is 4.90 Å². The van der Waals surface area contributed by atoms with Crippen LogP contribution in [-0.4, -0.2) is 35.6 Å². The molecule has 0 aromatic heterocycles. The number of halogens is 2. The van der Waals surface area contributed by atoms with Gasteiger partial charge in [0.05, 0.1) is 10.6 Å². The van der Waals surface area contributed by atoms with Crippen molar-refractivity contribution in [2.45, 2.75) is 19.8 Å². The first-order valence-corrected chi connectivity index (χ1v) is 6.76. The second-order valence-corrected chi connectivity index (χ2v) is 5.41. The van der Waals surface area contributed by atoms with Gasteiger partial charge in [0.1, 0.15) is 5.82 Å². The number of hydrogen-bond donors (Lipinski definition) is 1. The highest BCUT2D eigenvalue weighted by atomic mass is 35.5. The van der Waals surface area contributed by atoms with E-state index in [1.54, 1.807) is 11.8 Å². The maximum Gasteiger partial charge on any atom is 0.255 e. The van der Waals surface area contributed by atoms with Crippen molar-refractivity contribution in [1.29, 1.82) is 0 Å². The predicted octanol–water partition coefficient (Wildman–Crippen LogP) is 2.63. The summed E-state index contributed by atoms with van der Waals surface area (Å²) in [6.07, 6.45) is 1.58. The summed E-state index contributed by atoms with van der Waals surface area (Å²) in [5, 5.41) is 9.23. The van der Waals surface area contributed by atoms with E-state index in [1.165, 1.54) is 12.1 Å². The molecule has 1 aromatic rings. The molecule has 0 saturated carbocycles. The number of carbonyl (C=O) groups excluding carboxylic acids is 1. The third-order valence-electron chi connectivity index (χ3n) is 3.64. The zero-order chi connectivity index (χ0) is 14.0. The van der Waals surface area contributed by atoms with Crippen molar-refractivity contribution in [2.24, 2.45) is 5.92 Å². The zero-order valence-corrected chi connectivity index (χ0v) is 11.6. The van der Waals surface area contributed by atoms with E-state index in [0.717, 1.165) is 12.8 Å². The highest BCUT2D eigenvalue weighted by Crippen LogP contribution is 2.24. The highest BCUT2D eigenvalue weighted by molar-refractivity contribution is 6.33. The lowest BCUT2D eigenvalue weighted by atomic mass is 9.97. The Morgan fingerprint density at radius 1 is 1.47 bits per heavy atom. The number of likely N-dealkylation sites (tertiary alicyclic amines) is 1. The Bertz CT molecular complexity index is 485. The van der Waals surface area contributed by atoms with Crippen molar-refractivity contribution >= 4 is 17.5 Å². The molecule has 0 atom stereocenters. The first-order chi connectivity index (χ1) is 9.02. The average molecular weight is 286 g/mol. The van der Waals surface area contributed by atoms with E-state index >= 15 is 0 Å². The molecule has 0 unspecified atom stereocenters. The molecule has 1 aromatic carbocycles. The van der Waals surface area contributed by atoms with Crippen molar-refractivity contribution in [3.8, 4) is 0 Å². The molecule has 1 amide bonds. The summed E-state index contributed by atoms with van der Waals surface area (Å²) in [4.78, 5) is 14.0. The van der Waals surface area contributed by atoms with Crippen LogP contribution in [0.3, 0.4) is 0 Å². The van der Waals surface area contributed by atoms with Gasteiger partial charge in [0.2, 0.25) is 0 Å². The summed E-state index contributed by atoms with van der Waals surface area (Å²) < 4.78 is 13.3. The number of aryl methyl sites for hydroxylation is 1. The maximum atomic E-state index is 13.3. The van der Waals surface area contributed by atoms with Crippen LogP contribution in [0.1, 0.15) is 28.8 Å². The first-order valence-electron chi connectivity index (χ1n) is 6.38. The van der Waals surface area contributed by atoms with Crippen molar-refractivity contribution in [3.05, 3.63) is 34.1 Å². The van der Waals surface area contributed by atoms with E-state index in [2.05, 4.69) is 0 Å². The molecule has 5 heteroatoms. The maximum absolute atomic E-state index is 13.3. The van der Waals surface area contributed by atoms with Gasteiger partial charge in [0, 0.05) is 19.7 Å². The zero-order valence-electron chi connectivity index (χ0n) is 10.8. The van der Waals surface area contributed by atoms with Crippen LogP contribution in [0.25, 0.3) is 0 Å². The Morgan fingerprint density at radius 3 is 2.68 bits per heavy atom. The third-order valence-corrected chi connectivity index (χ3v) is 3.95. The number of piperidine rings is 1. The van der Waals surface area contributed by atoms with Crippen LogP contribution in [0, 0.1) is 18.7 Å². The summed E-state index contributed by atoms with van der Waals surface area (Å²) in [5.74, 6) is -0.292. The third kappa shape index (κ3) is 3.07. The van der Waals surface area contributed by atoms with Crippen LogP contribution < -0.4 is 0 Å². The van der Waals surface area contributed by atoms with E-state index < -0.39 is 5.82 Å². The van der Waals surface area contributed by atoms with Gasteiger partial charge in [-0.3, -0.25) is 4.79 Å². The van der Waals surface area contributed by atoms with Gasteiger partial charge in [-0.2, -0.15) is 0 Å². The molecule has 1 N–H and O–H groups in total. The van der Waals surface area contributed by atoms with Gasteiger partial charge in [0.15, 0.2) is 0 Å². The monoisotopic (exact) mass is 285 g/mol. The largest absolute Gasteiger partial charge is 0.396 e. The van der Waals surface area contributed by atoms with Gasteiger partial charge >= 0.3 is 0 Å². The number of aliphatic hydroxyl groups excluding tert-OH is 1. The molecule has 3 nitrogen and oxygen atoms in total. The van der Waals surface area contributed by atoms with Crippen LogP contribution in [-0.2, 0) is 0 Å². The van der Waals surface area contributed by atoms with Gasteiger partial charge in [-0.15, -0.1) is 0 Å². The SMILES string of the molecule is Cc1cc(C(=O)N2CCC(CO)CC2)c(Cl)cc1F. The lowest BCUT2D eigenvalue weighted by Gasteiger charge is -2.31. The number of amides is 1. The van der Waals surface area contributed by atoms with Gasteiger partial charge in [-0.05, 0) is 43.4 Å². The second-order valence-electron chi connectivity index (χ2n) is 5.00. The number of nitrogens with zero attached hydrogens (tertiary/aromatic N) is 1. The Morgan fingerprint density at radius 2 is 2.11 bits per heavy atom. The Hall–Kier alpha value is -1.13. The highest BCUT2D eigenvalue weighted by Gasteiger charge is 2.25. The van der Waals surface area contributed by atoms with Crippen molar-refractivity contribution in [2.75, 3.05) is 19.7 Å². The van der Waals surface area contributed by atoms with Crippen LogP contribution in [0.5, 0.6) is 0 Å². The quantitative estimate of drug-likeness (QED) is 0.907. The van der Waals surface area contributed by atoms with Crippen molar-refractivity contribution < 1.29 is 14.3 Å². The minimum absolute atomic E-state index is 0.150. The number of aliphatic hydroxyl groups is 1. The fraction of sp³-hybridized carbons (Fsp3) is 0.500. The standard InChI is InChI=1S/C14H17ClFNO2/c1-9-6-11(12(15)7-13(9)16)14(19)17-4-2-10(8-18)3-5-17/h6-7,10,18H,2-5,8H2,1H3. The van der Waals surface area contributed by atoms with Crippen LogP contribution in [0.4, 0.5) is 4.39 Å². The average Bonchev–Trinajstić information content (AvgIpc) is 2.42. The summed E-state index contributed by atoms with van der Waals surface area (Å²) in [7, 11) is 0. The van der Waals surface area contributed by atoms with E-state index in [-0.39, 0.29) is 23.5 Å². The second kappa shape index (κ2) is 5.88. The van der Waals surface area contributed by atoms with Crippen LogP contribution >= 0.6 is 11.6 Å². The van der Waals surface area contributed by atoms with Gasteiger partial charge < -0.3 is 10.0 Å². The molecule has 1 aliphatic heterocycles. The molecule has 1 aliphatic rings. The summed E-state index contributed by atoms with van der Waals surface area (Å²) in [5.41, 5.74) is 0.765. The molecule has 0 bridgehead atoms. The van der Waals surface area contributed by atoms with Crippen molar-refractivity contribution in [3.63, 3.8) is 0 Å². The number of carbonyl (C=O) groups is 1. The Balaban J connectivity index is 2.14. The van der Waals surface area contributed by atoms with E-state index in [1.807, 2.05) is 0 Å². The summed E-state index contributed by atoms with van der Waals surface area (Å²) >= 11 is 5.94. The number of benzene rings is 1. The number of hydrogen-bond acceptors (Lipinski definition) is 2. The van der Waals surface area contributed by atoms with Gasteiger partial charge in [-0.25, -0.2) is 4.39 Å². The summed E-state index contributed by atoms with van der Waals surface area (Å²) in [6, 6.07) is 2.68. The van der Waals surface area contributed by atoms with E-state index in [0.29, 0.717) is 24.2 Å². The molecule has 2 rings (SSSR count). The van der Waals surface area contributed by atoms with Crippen LogP contribution in [0.2, 0.25) is 5.02 Å². The molecule has 1 fully saturated rings. The van der Waals surface area contributed by atoms with E-state index in [4.69, 9.17) is 16.7 Å². The normalized spacial score (nSPS) is 16.7. The topological polar surface area (TPSA) is 40.5 Å². The lowest BCUT2D eigenvalue weighted by Crippen LogP contribution is -2.39. The molecule has 1 saturated heterocycles.